The summed E-state index contributed by atoms with van der Waals surface area (Å²) < 4.78 is 5.18. The molecule has 2 rings (SSSR count). The molecule has 0 unspecified atom stereocenters. The summed E-state index contributed by atoms with van der Waals surface area (Å²) in [6.45, 7) is 0.573. The van der Waals surface area contributed by atoms with Gasteiger partial charge in [-0.05, 0) is 11.1 Å². The molecule has 0 aliphatic carbocycles. The molecular weight excluding hydrogens is 252 g/mol. The Morgan fingerprint density at radius 2 is 1.65 bits per heavy atom. The van der Waals surface area contributed by atoms with Crippen LogP contribution in [0.2, 0.25) is 0 Å². The number of benzene rings is 2. The molecule has 0 saturated carbocycles. The van der Waals surface area contributed by atoms with E-state index in [1.807, 2.05) is 60.7 Å². The number of hydrogen-bond acceptors (Lipinski definition) is 3. The first kappa shape index (κ1) is 14.1. The van der Waals surface area contributed by atoms with Crippen molar-refractivity contribution in [3.8, 4) is 0 Å². The lowest BCUT2D eigenvalue weighted by molar-refractivity contribution is 0.136. The minimum atomic E-state index is -0.465. The molecule has 20 heavy (non-hydrogen) atoms. The zero-order chi connectivity index (χ0) is 14.2. The molecule has 4 nitrogen and oxygen atoms in total. The topological polar surface area (TPSA) is 64.3 Å². The average Bonchev–Trinajstić information content (AvgIpc) is 2.52. The fourth-order valence-electron chi connectivity index (χ4n) is 1.87. The molecule has 0 bridgehead atoms. The number of alkyl carbamates (subject to hydrolysis) is 1. The highest BCUT2D eigenvalue weighted by Gasteiger charge is 2.13. The number of carbonyl (C=O) groups excluding carboxylic acids is 1. The van der Waals surface area contributed by atoms with E-state index in [4.69, 9.17) is 10.5 Å². The number of hydrogen-bond donors (Lipinski definition) is 2. The first-order valence-corrected chi connectivity index (χ1v) is 6.52. The highest BCUT2D eigenvalue weighted by molar-refractivity contribution is 5.68. The first-order valence-electron chi connectivity index (χ1n) is 6.52. The number of ether oxygens (including phenoxy) is 1. The van der Waals surface area contributed by atoms with Gasteiger partial charge in [0.2, 0.25) is 0 Å². The highest BCUT2D eigenvalue weighted by Crippen LogP contribution is 2.11. The van der Waals surface area contributed by atoms with E-state index >= 15 is 0 Å². The smallest absolute Gasteiger partial charge is 0.407 e. The van der Waals surface area contributed by atoms with Crippen LogP contribution in [0.15, 0.2) is 60.7 Å². The van der Waals surface area contributed by atoms with Crippen LogP contribution in [-0.4, -0.2) is 12.6 Å². The summed E-state index contributed by atoms with van der Waals surface area (Å²) >= 11 is 0. The van der Waals surface area contributed by atoms with Gasteiger partial charge in [0.25, 0.3) is 0 Å². The van der Waals surface area contributed by atoms with Crippen LogP contribution in [0.4, 0.5) is 4.79 Å². The maximum absolute atomic E-state index is 11.8. The second kappa shape index (κ2) is 7.31. The van der Waals surface area contributed by atoms with Crippen molar-refractivity contribution in [3.05, 3.63) is 71.8 Å². The molecular formula is C16H18N2O2. The molecule has 0 heterocycles. The highest BCUT2D eigenvalue weighted by atomic mass is 16.5. The summed E-state index contributed by atoms with van der Waals surface area (Å²) in [5.41, 5.74) is 7.61. The van der Waals surface area contributed by atoms with Gasteiger partial charge in [0.15, 0.2) is 0 Å². The van der Waals surface area contributed by atoms with Crippen LogP contribution < -0.4 is 11.1 Å². The lowest BCUT2D eigenvalue weighted by atomic mass is 10.1. The van der Waals surface area contributed by atoms with Gasteiger partial charge in [0.05, 0.1) is 6.04 Å². The Bertz CT molecular complexity index is 529. The van der Waals surface area contributed by atoms with Crippen molar-refractivity contribution in [2.45, 2.75) is 12.6 Å². The first-order chi connectivity index (χ1) is 9.79. The molecule has 0 aromatic heterocycles. The number of nitrogens with one attached hydrogen (secondary N) is 1. The molecule has 0 spiro atoms. The Kier molecular flexibility index (Phi) is 5.15. The monoisotopic (exact) mass is 270 g/mol. The molecule has 2 aromatic rings. The van der Waals surface area contributed by atoms with Gasteiger partial charge in [-0.25, -0.2) is 4.79 Å². The van der Waals surface area contributed by atoms with Crippen LogP contribution in [-0.2, 0) is 11.3 Å². The van der Waals surface area contributed by atoms with E-state index in [2.05, 4.69) is 5.32 Å². The number of amides is 1. The van der Waals surface area contributed by atoms with Crippen molar-refractivity contribution in [2.24, 2.45) is 5.73 Å². The third kappa shape index (κ3) is 4.10. The average molecular weight is 270 g/mol. The molecule has 0 saturated heterocycles. The lowest BCUT2D eigenvalue weighted by Gasteiger charge is -2.17. The molecule has 104 valence electrons. The number of nitrogens with two attached hydrogens (primary N) is 1. The van der Waals surface area contributed by atoms with Crippen molar-refractivity contribution in [1.82, 2.24) is 5.32 Å². The van der Waals surface area contributed by atoms with Crippen LogP contribution in [0.3, 0.4) is 0 Å². The number of carbonyl (C=O) groups is 1. The second-order valence-corrected chi connectivity index (χ2v) is 4.41. The van der Waals surface area contributed by atoms with Gasteiger partial charge < -0.3 is 15.8 Å². The summed E-state index contributed by atoms with van der Waals surface area (Å²) in [6, 6.07) is 18.9. The van der Waals surface area contributed by atoms with E-state index < -0.39 is 6.09 Å². The van der Waals surface area contributed by atoms with E-state index in [9.17, 15) is 4.79 Å². The maximum Gasteiger partial charge on any atom is 0.407 e. The summed E-state index contributed by atoms with van der Waals surface area (Å²) in [5, 5.41) is 2.77. The molecule has 0 fully saturated rings. The minimum absolute atomic E-state index is 0.237. The van der Waals surface area contributed by atoms with Crippen LogP contribution >= 0.6 is 0 Å². The molecule has 4 heteroatoms. The predicted molar refractivity (Wildman–Crippen MR) is 78.0 cm³/mol. The van der Waals surface area contributed by atoms with Gasteiger partial charge in [-0.15, -0.1) is 0 Å². The second-order valence-electron chi connectivity index (χ2n) is 4.41. The van der Waals surface area contributed by atoms with Crippen LogP contribution in [0.25, 0.3) is 0 Å². The third-order valence-corrected chi connectivity index (χ3v) is 2.94. The Morgan fingerprint density at radius 3 is 2.25 bits per heavy atom. The van der Waals surface area contributed by atoms with E-state index in [-0.39, 0.29) is 12.6 Å². The van der Waals surface area contributed by atoms with Gasteiger partial charge in [-0.2, -0.15) is 0 Å². The van der Waals surface area contributed by atoms with Crippen LogP contribution in [0.1, 0.15) is 17.2 Å². The molecule has 0 aliphatic heterocycles. The third-order valence-electron chi connectivity index (χ3n) is 2.94. The van der Waals surface area contributed by atoms with E-state index in [1.165, 1.54) is 0 Å². The van der Waals surface area contributed by atoms with Gasteiger partial charge >= 0.3 is 6.09 Å². The van der Waals surface area contributed by atoms with Gasteiger partial charge in [-0.3, -0.25) is 0 Å². The zero-order valence-corrected chi connectivity index (χ0v) is 11.2. The lowest BCUT2D eigenvalue weighted by Crippen LogP contribution is -2.33. The van der Waals surface area contributed by atoms with Crippen LogP contribution in [0, 0.1) is 0 Å². The van der Waals surface area contributed by atoms with E-state index in [0.29, 0.717) is 6.54 Å². The van der Waals surface area contributed by atoms with Crippen molar-refractivity contribution < 1.29 is 9.53 Å². The molecule has 2 aromatic carbocycles. The van der Waals surface area contributed by atoms with Crippen molar-refractivity contribution in [2.75, 3.05) is 6.54 Å². The Labute approximate surface area is 118 Å². The summed E-state index contributed by atoms with van der Waals surface area (Å²) in [4.78, 5) is 11.8. The van der Waals surface area contributed by atoms with Gasteiger partial charge in [-0.1, -0.05) is 60.7 Å². The molecule has 3 N–H and O–H groups in total. The quantitative estimate of drug-likeness (QED) is 0.877. The predicted octanol–water partition coefficient (Wildman–Crippen LogP) is 2.61. The van der Waals surface area contributed by atoms with E-state index in [0.717, 1.165) is 11.1 Å². The normalized spacial score (nSPS) is 11.7. The standard InChI is InChI=1S/C16H18N2O2/c17-11-15(14-9-5-2-6-10-14)18-16(19)20-12-13-7-3-1-4-8-13/h1-10,15H,11-12,17H2,(H,18,19)/t15-/m0/s1. The minimum Gasteiger partial charge on any atom is -0.445 e. The Hall–Kier alpha value is -2.33. The largest absolute Gasteiger partial charge is 0.445 e. The van der Waals surface area contributed by atoms with Gasteiger partial charge in [0.1, 0.15) is 6.61 Å². The summed E-state index contributed by atoms with van der Waals surface area (Å²) in [5.74, 6) is 0. The fraction of sp³-hybridized carbons (Fsp3) is 0.188. The van der Waals surface area contributed by atoms with Crippen molar-refractivity contribution in [3.63, 3.8) is 0 Å². The van der Waals surface area contributed by atoms with E-state index in [1.54, 1.807) is 0 Å². The Morgan fingerprint density at radius 1 is 1.05 bits per heavy atom. The summed E-state index contributed by atoms with van der Waals surface area (Å²) in [6.07, 6.45) is -0.465. The van der Waals surface area contributed by atoms with Crippen molar-refractivity contribution >= 4 is 6.09 Å². The van der Waals surface area contributed by atoms with Crippen molar-refractivity contribution in [1.29, 1.82) is 0 Å². The van der Waals surface area contributed by atoms with Gasteiger partial charge in [0, 0.05) is 6.54 Å². The maximum atomic E-state index is 11.8. The molecule has 1 amide bonds. The van der Waals surface area contributed by atoms with Crippen LogP contribution in [0.5, 0.6) is 0 Å². The SMILES string of the molecule is NC[C@H](NC(=O)OCc1ccccc1)c1ccccc1. The summed E-state index contributed by atoms with van der Waals surface area (Å²) in [7, 11) is 0. The molecule has 0 aliphatic rings. The fourth-order valence-corrected chi connectivity index (χ4v) is 1.87. The molecule has 0 radical (unpaired) electrons. The Balaban J connectivity index is 1.87. The number of rotatable bonds is 5. The molecule has 1 atom stereocenters. The zero-order valence-electron chi connectivity index (χ0n) is 11.2.